The van der Waals surface area contributed by atoms with Gasteiger partial charge in [0.15, 0.2) is 5.69 Å². The van der Waals surface area contributed by atoms with Crippen molar-refractivity contribution in [3.05, 3.63) is 62.4 Å². The molecule has 2 aliphatic heterocycles. The maximum atomic E-state index is 11.6. The van der Waals surface area contributed by atoms with Crippen molar-refractivity contribution in [3.8, 4) is 11.3 Å². The largest absolute Gasteiger partial charge is 0.476 e. The van der Waals surface area contributed by atoms with Gasteiger partial charge in [0.05, 0.1) is 19.8 Å². The number of benzene rings is 2. The number of anilines is 1. The lowest BCUT2D eigenvalue weighted by atomic mass is 9.58. The van der Waals surface area contributed by atoms with E-state index in [0.717, 1.165) is 58.7 Å². The SMILES string of the molecule is O=C(O)c1nsc2cc(N3C4CCC3CC3(CC(NCc5c(-c6c(Cl)cccc6Cl)noc5C5CC5)C3)C4)cc(Cl)c12. The van der Waals surface area contributed by atoms with Crippen molar-refractivity contribution in [1.29, 1.82) is 0 Å². The highest BCUT2D eigenvalue weighted by Crippen LogP contribution is 2.57. The number of rotatable bonds is 7. The summed E-state index contributed by atoms with van der Waals surface area (Å²) in [6.07, 6.45) is 9.28. The van der Waals surface area contributed by atoms with Crippen LogP contribution in [0.1, 0.15) is 79.1 Å². The average Bonchev–Trinajstić information content (AvgIpc) is 3.44. The first-order chi connectivity index (χ1) is 20.3. The molecule has 2 unspecified atom stereocenters. The lowest BCUT2D eigenvalue weighted by molar-refractivity contribution is 0.0348. The second-order valence-corrected chi connectivity index (χ2v) is 14.6. The Labute approximate surface area is 262 Å². The maximum absolute atomic E-state index is 11.6. The van der Waals surface area contributed by atoms with E-state index in [4.69, 9.17) is 39.3 Å². The normalized spacial score (nSPS) is 26.7. The van der Waals surface area contributed by atoms with Gasteiger partial charge in [0, 0.05) is 52.8 Å². The van der Waals surface area contributed by atoms with E-state index in [1.165, 1.54) is 37.2 Å². The number of halogens is 3. The van der Waals surface area contributed by atoms with Crippen molar-refractivity contribution in [1.82, 2.24) is 14.8 Å². The third kappa shape index (κ3) is 4.44. The van der Waals surface area contributed by atoms with Gasteiger partial charge in [-0.05, 0) is 92.6 Å². The Hall–Kier alpha value is -2.36. The molecule has 4 aromatic rings. The van der Waals surface area contributed by atoms with E-state index < -0.39 is 5.97 Å². The summed E-state index contributed by atoms with van der Waals surface area (Å²) in [4.78, 5) is 14.1. The highest BCUT2D eigenvalue weighted by molar-refractivity contribution is 7.13. The Morgan fingerprint density at radius 3 is 2.43 bits per heavy atom. The molecule has 2 aliphatic carbocycles. The van der Waals surface area contributed by atoms with Gasteiger partial charge in [0.2, 0.25) is 0 Å². The van der Waals surface area contributed by atoms with E-state index in [1.807, 2.05) is 24.3 Å². The number of carboxylic acid groups (broad SMARTS) is 1. The average molecular weight is 644 g/mol. The van der Waals surface area contributed by atoms with E-state index in [9.17, 15) is 9.90 Å². The number of carbonyl (C=O) groups is 1. The zero-order valence-corrected chi connectivity index (χ0v) is 25.8. The van der Waals surface area contributed by atoms with Crippen LogP contribution in [0.15, 0.2) is 34.9 Å². The van der Waals surface area contributed by atoms with Crippen molar-refractivity contribution in [2.24, 2.45) is 5.41 Å². The zero-order chi connectivity index (χ0) is 28.7. The van der Waals surface area contributed by atoms with Crippen LogP contribution in [0, 0.1) is 5.41 Å². The number of fused-ring (bicyclic) bond motifs is 3. The lowest BCUT2D eigenvalue weighted by Gasteiger charge is -2.56. The monoisotopic (exact) mass is 642 g/mol. The number of nitrogens with zero attached hydrogens (tertiary/aromatic N) is 3. The van der Waals surface area contributed by atoms with Gasteiger partial charge in [-0.25, -0.2) is 4.79 Å². The third-order valence-electron chi connectivity index (χ3n) is 9.86. The van der Waals surface area contributed by atoms with Crippen LogP contribution in [-0.2, 0) is 6.54 Å². The molecule has 4 fully saturated rings. The topological polar surface area (TPSA) is 91.5 Å². The van der Waals surface area contributed by atoms with E-state index in [-0.39, 0.29) is 5.69 Å². The fraction of sp³-hybridized carbons (Fsp3) is 0.452. The lowest BCUT2D eigenvalue weighted by Crippen LogP contribution is -2.57. The summed E-state index contributed by atoms with van der Waals surface area (Å²) in [5.74, 6) is 0.368. The van der Waals surface area contributed by atoms with Crippen LogP contribution in [0.4, 0.5) is 5.69 Å². The molecule has 218 valence electrons. The minimum atomic E-state index is -1.04. The zero-order valence-electron chi connectivity index (χ0n) is 22.7. The van der Waals surface area contributed by atoms with E-state index in [0.29, 0.717) is 56.5 Å². The highest BCUT2D eigenvalue weighted by atomic mass is 35.5. The number of aromatic nitrogens is 2. The molecule has 2 saturated heterocycles. The Morgan fingerprint density at radius 1 is 1.05 bits per heavy atom. The number of nitrogens with one attached hydrogen (secondary N) is 1. The van der Waals surface area contributed by atoms with E-state index in [2.05, 4.69) is 25.8 Å². The molecular weight excluding hydrogens is 615 g/mol. The smallest absolute Gasteiger partial charge is 0.356 e. The summed E-state index contributed by atoms with van der Waals surface area (Å²) in [6, 6.07) is 11.0. The molecule has 7 nitrogen and oxygen atoms in total. The molecule has 2 aromatic heterocycles. The molecule has 11 heteroatoms. The Kier molecular flexibility index (Phi) is 6.54. The van der Waals surface area contributed by atoms with Crippen molar-refractivity contribution >= 4 is 68.1 Å². The van der Waals surface area contributed by atoms with Gasteiger partial charge < -0.3 is 19.8 Å². The van der Waals surface area contributed by atoms with Crippen LogP contribution in [0.3, 0.4) is 0 Å². The van der Waals surface area contributed by atoms with Crippen LogP contribution in [0.25, 0.3) is 21.3 Å². The van der Waals surface area contributed by atoms with Crippen molar-refractivity contribution < 1.29 is 14.4 Å². The summed E-state index contributed by atoms with van der Waals surface area (Å²) >= 11 is 20.9. The van der Waals surface area contributed by atoms with Crippen molar-refractivity contribution in [2.45, 2.75) is 82.0 Å². The fourth-order valence-corrected chi connectivity index (χ4v) is 9.73. The minimum absolute atomic E-state index is 0.0395. The van der Waals surface area contributed by atoms with Crippen molar-refractivity contribution in [2.75, 3.05) is 4.90 Å². The molecule has 4 heterocycles. The Morgan fingerprint density at radius 2 is 1.76 bits per heavy atom. The van der Waals surface area contributed by atoms with Gasteiger partial charge in [-0.2, -0.15) is 4.37 Å². The van der Waals surface area contributed by atoms with Crippen LogP contribution in [0.5, 0.6) is 0 Å². The van der Waals surface area contributed by atoms with Crippen molar-refractivity contribution in [3.63, 3.8) is 0 Å². The van der Waals surface area contributed by atoms with Crippen LogP contribution >= 0.6 is 46.3 Å². The quantitative estimate of drug-likeness (QED) is 0.208. The number of piperidine rings is 1. The second kappa shape index (κ2) is 10.1. The Bertz CT molecular complexity index is 1690. The predicted octanol–water partition coefficient (Wildman–Crippen LogP) is 8.56. The number of aromatic carboxylic acids is 1. The summed E-state index contributed by atoms with van der Waals surface area (Å²) in [5, 5.41) is 19.9. The number of hydrogen-bond donors (Lipinski definition) is 2. The molecule has 2 saturated carbocycles. The molecule has 2 aromatic carbocycles. The predicted molar refractivity (Wildman–Crippen MR) is 166 cm³/mol. The molecule has 0 amide bonds. The standard InChI is InChI=1S/C31H29Cl3N4O3S/c32-21-2-1-3-22(33)25(21)27-20(29(41-36-27)15-4-5-15)14-35-16-10-31(11-16)12-17-6-7-18(13-31)38(17)19-8-23(34)26-24(9-19)42-37-28(26)30(39)40/h1-3,8-9,15-18,35H,4-7,10-14H2,(H,39,40). The third-order valence-corrected chi connectivity index (χ3v) is 11.6. The summed E-state index contributed by atoms with van der Waals surface area (Å²) in [6.45, 7) is 0.692. The fourth-order valence-electron chi connectivity index (χ4n) is 7.96. The van der Waals surface area contributed by atoms with Crippen LogP contribution < -0.4 is 10.2 Å². The van der Waals surface area contributed by atoms with E-state index >= 15 is 0 Å². The Balaban J connectivity index is 0.967. The molecule has 0 radical (unpaired) electrons. The molecule has 2 N–H and O–H groups in total. The molecule has 4 aliphatic rings. The van der Waals surface area contributed by atoms with Gasteiger partial charge in [0.1, 0.15) is 11.5 Å². The highest BCUT2D eigenvalue weighted by Gasteiger charge is 2.54. The molecule has 8 rings (SSSR count). The minimum Gasteiger partial charge on any atom is -0.476 e. The van der Waals surface area contributed by atoms with Crippen LogP contribution in [0.2, 0.25) is 15.1 Å². The number of hydrogen-bond acceptors (Lipinski definition) is 7. The number of carboxylic acids is 1. The summed E-state index contributed by atoms with van der Waals surface area (Å²) in [7, 11) is 0. The van der Waals surface area contributed by atoms with Gasteiger partial charge in [-0.15, -0.1) is 0 Å². The first kappa shape index (κ1) is 27.2. The van der Waals surface area contributed by atoms with Gasteiger partial charge in [-0.1, -0.05) is 46.0 Å². The summed E-state index contributed by atoms with van der Waals surface area (Å²) < 4.78 is 10.8. The maximum Gasteiger partial charge on any atom is 0.356 e. The molecular formula is C31H29Cl3N4O3S. The second-order valence-electron chi connectivity index (χ2n) is 12.6. The van der Waals surface area contributed by atoms with Crippen LogP contribution in [-0.4, -0.2) is 38.7 Å². The van der Waals surface area contributed by atoms with Gasteiger partial charge >= 0.3 is 5.97 Å². The molecule has 2 atom stereocenters. The molecule has 1 spiro atoms. The molecule has 2 bridgehead atoms. The first-order valence-corrected chi connectivity index (χ1v) is 16.5. The van der Waals surface area contributed by atoms with Gasteiger partial charge in [0.25, 0.3) is 0 Å². The summed E-state index contributed by atoms with van der Waals surface area (Å²) in [5.41, 5.74) is 4.08. The first-order valence-electron chi connectivity index (χ1n) is 14.6. The van der Waals surface area contributed by atoms with E-state index in [1.54, 1.807) is 0 Å². The van der Waals surface area contributed by atoms with Gasteiger partial charge in [-0.3, -0.25) is 0 Å². The molecule has 42 heavy (non-hydrogen) atoms.